The van der Waals surface area contributed by atoms with Gasteiger partial charge in [0.15, 0.2) is 10.9 Å². The summed E-state index contributed by atoms with van der Waals surface area (Å²) in [6, 6.07) is 9.36. The Kier molecular flexibility index (Phi) is 4.39. The molecule has 1 aromatic heterocycles. The highest BCUT2D eigenvalue weighted by atomic mass is 35.5. The molecular weight excluding hydrogens is 282 g/mol. The van der Waals surface area contributed by atoms with Gasteiger partial charge in [-0.15, -0.1) is 0 Å². The van der Waals surface area contributed by atoms with E-state index in [1.165, 1.54) is 0 Å². The highest BCUT2D eigenvalue weighted by Crippen LogP contribution is 2.23. The largest absolute Gasteiger partial charge is 0.366 e. The SMILES string of the molecule is CNC(=S)N(C)Cc1cc(-c2cccc(Cl)c2)on1. The maximum absolute atomic E-state index is 5.95. The van der Waals surface area contributed by atoms with Crippen molar-refractivity contribution in [3.63, 3.8) is 0 Å². The van der Waals surface area contributed by atoms with Crippen molar-refractivity contribution in [2.75, 3.05) is 14.1 Å². The number of hydrogen-bond acceptors (Lipinski definition) is 3. The molecule has 6 heteroatoms. The smallest absolute Gasteiger partial charge is 0.168 e. The average Bonchev–Trinajstić information content (AvgIpc) is 2.86. The van der Waals surface area contributed by atoms with Gasteiger partial charge in [-0.2, -0.15) is 0 Å². The second-order valence-corrected chi connectivity index (χ2v) is 4.93. The van der Waals surface area contributed by atoms with E-state index < -0.39 is 0 Å². The van der Waals surface area contributed by atoms with Gasteiger partial charge in [0.1, 0.15) is 5.69 Å². The molecule has 2 aromatic rings. The first-order chi connectivity index (χ1) is 9.10. The molecule has 0 bridgehead atoms. The average molecular weight is 296 g/mol. The molecular formula is C13H14ClN3OS. The Hall–Kier alpha value is -1.59. The van der Waals surface area contributed by atoms with Crippen LogP contribution < -0.4 is 5.32 Å². The number of benzene rings is 1. The van der Waals surface area contributed by atoms with E-state index in [9.17, 15) is 0 Å². The molecule has 2 rings (SSSR count). The third-order valence-electron chi connectivity index (χ3n) is 2.63. The van der Waals surface area contributed by atoms with Crippen LogP contribution in [0.4, 0.5) is 0 Å². The van der Waals surface area contributed by atoms with Gasteiger partial charge in [-0.05, 0) is 24.4 Å². The molecule has 0 aliphatic carbocycles. The van der Waals surface area contributed by atoms with Crippen LogP contribution in [0.1, 0.15) is 5.69 Å². The van der Waals surface area contributed by atoms with E-state index in [0.717, 1.165) is 11.3 Å². The van der Waals surface area contributed by atoms with E-state index in [1.807, 2.05) is 42.3 Å². The summed E-state index contributed by atoms with van der Waals surface area (Å²) < 4.78 is 5.32. The molecule has 0 aliphatic rings. The number of nitrogens with one attached hydrogen (secondary N) is 1. The van der Waals surface area contributed by atoms with Crippen molar-refractivity contribution in [1.82, 2.24) is 15.4 Å². The maximum atomic E-state index is 5.95. The summed E-state index contributed by atoms with van der Waals surface area (Å²) >= 11 is 11.1. The topological polar surface area (TPSA) is 41.3 Å². The second kappa shape index (κ2) is 6.04. The van der Waals surface area contributed by atoms with Crippen LogP contribution in [0, 0.1) is 0 Å². The Bertz CT molecular complexity index is 585. The lowest BCUT2D eigenvalue weighted by atomic mass is 10.1. The molecule has 0 saturated heterocycles. The van der Waals surface area contributed by atoms with Crippen molar-refractivity contribution < 1.29 is 4.52 Å². The number of aromatic nitrogens is 1. The van der Waals surface area contributed by atoms with Crippen LogP contribution in [0.3, 0.4) is 0 Å². The predicted molar refractivity (Wildman–Crippen MR) is 80.1 cm³/mol. The Labute approximate surface area is 122 Å². The number of thiocarbonyl (C=S) groups is 1. The number of halogens is 1. The highest BCUT2D eigenvalue weighted by Gasteiger charge is 2.10. The lowest BCUT2D eigenvalue weighted by Gasteiger charge is -2.17. The van der Waals surface area contributed by atoms with E-state index in [4.69, 9.17) is 28.3 Å². The molecule has 0 atom stereocenters. The molecule has 0 unspecified atom stereocenters. The first kappa shape index (κ1) is 13.8. The van der Waals surface area contributed by atoms with Crippen molar-refractivity contribution in [3.05, 3.63) is 41.0 Å². The molecule has 0 spiro atoms. The standard InChI is InChI=1S/C13H14ClN3OS/c1-15-13(19)17(2)8-11-7-12(18-16-11)9-4-3-5-10(14)6-9/h3-7H,8H2,1-2H3,(H,15,19). The van der Waals surface area contributed by atoms with Gasteiger partial charge in [-0.3, -0.25) is 0 Å². The Morgan fingerprint density at radius 1 is 1.47 bits per heavy atom. The summed E-state index contributed by atoms with van der Waals surface area (Å²) in [4.78, 5) is 1.88. The second-order valence-electron chi connectivity index (χ2n) is 4.10. The third-order valence-corrected chi connectivity index (χ3v) is 3.38. The van der Waals surface area contributed by atoms with Crippen LogP contribution in [-0.2, 0) is 6.54 Å². The third kappa shape index (κ3) is 3.45. The summed E-state index contributed by atoms with van der Waals surface area (Å²) in [6.45, 7) is 0.587. The number of nitrogens with zero attached hydrogens (tertiary/aromatic N) is 2. The van der Waals surface area contributed by atoms with Gasteiger partial charge in [0.2, 0.25) is 0 Å². The first-order valence-electron chi connectivity index (χ1n) is 5.74. The van der Waals surface area contributed by atoms with Gasteiger partial charge in [-0.25, -0.2) is 0 Å². The van der Waals surface area contributed by atoms with E-state index >= 15 is 0 Å². The summed E-state index contributed by atoms with van der Waals surface area (Å²) in [6.07, 6.45) is 0. The van der Waals surface area contributed by atoms with E-state index in [0.29, 0.717) is 22.4 Å². The molecule has 1 N–H and O–H groups in total. The highest BCUT2D eigenvalue weighted by molar-refractivity contribution is 7.80. The minimum Gasteiger partial charge on any atom is -0.366 e. The Morgan fingerprint density at radius 3 is 2.95 bits per heavy atom. The van der Waals surface area contributed by atoms with Gasteiger partial charge in [0.25, 0.3) is 0 Å². The van der Waals surface area contributed by atoms with Crippen LogP contribution in [0.5, 0.6) is 0 Å². The molecule has 1 heterocycles. The van der Waals surface area contributed by atoms with Crippen LogP contribution in [-0.4, -0.2) is 29.3 Å². The molecule has 0 radical (unpaired) electrons. The zero-order valence-corrected chi connectivity index (χ0v) is 12.3. The van der Waals surface area contributed by atoms with Crippen molar-refractivity contribution in [3.8, 4) is 11.3 Å². The normalized spacial score (nSPS) is 10.3. The van der Waals surface area contributed by atoms with E-state index in [1.54, 1.807) is 7.05 Å². The van der Waals surface area contributed by atoms with Gasteiger partial charge in [-0.1, -0.05) is 28.9 Å². The Balaban J connectivity index is 2.13. The van der Waals surface area contributed by atoms with Crippen LogP contribution in [0.25, 0.3) is 11.3 Å². The van der Waals surface area contributed by atoms with Crippen molar-refractivity contribution >= 4 is 28.9 Å². The fourth-order valence-electron chi connectivity index (χ4n) is 1.67. The minimum absolute atomic E-state index is 0.587. The van der Waals surface area contributed by atoms with Crippen LogP contribution >= 0.6 is 23.8 Å². The first-order valence-corrected chi connectivity index (χ1v) is 6.53. The van der Waals surface area contributed by atoms with Gasteiger partial charge < -0.3 is 14.7 Å². The molecule has 1 aromatic carbocycles. The molecule has 0 aliphatic heterocycles. The molecule has 100 valence electrons. The number of rotatable bonds is 3. The summed E-state index contributed by atoms with van der Waals surface area (Å²) in [5.74, 6) is 0.696. The minimum atomic E-state index is 0.587. The molecule has 0 amide bonds. The predicted octanol–water partition coefficient (Wildman–Crippen LogP) is 2.93. The van der Waals surface area contributed by atoms with Gasteiger partial charge in [0.05, 0.1) is 6.54 Å². The van der Waals surface area contributed by atoms with E-state index in [2.05, 4.69) is 10.5 Å². The van der Waals surface area contributed by atoms with Crippen molar-refractivity contribution in [2.45, 2.75) is 6.54 Å². The van der Waals surface area contributed by atoms with Crippen LogP contribution in [0.15, 0.2) is 34.9 Å². The van der Waals surface area contributed by atoms with Gasteiger partial charge >= 0.3 is 0 Å². The summed E-state index contributed by atoms with van der Waals surface area (Å²) in [5.41, 5.74) is 1.72. The molecule has 0 fully saturated rings. The van der Waals surface area contributed by atoms with E-state index in [-0.39, 0.29) is 0 Å². The molecule has 19 heavy (non-hydrogen) atoms. The van der Waals surface area contributed by atoms with Crippen LogP contribution in [0.2, 0.25) is 5.02 Å². The lowest BCUT2D eigenvalue weighted by molar-refractivity contribution is 0.402. The van der Waals surface area contributed by atoms with Crippen molar-refractivity contribution in [2.24, 2.45) is 0 Å². The quantitative estimate of drug-likeness (QED) is 0.882. The number of hydrogen-bond donors (Lipinski definition) is 1. The summed E-state index contributed by atoms with van der Waals surface area (Å²) in [5, 5.41) is 8.27. The fraction of sp³-hybridized carbons (Fsp3) is 0.231. The summed E-state index contributed by atoms with van der Waals surface area (Å²) in [7, 11) is 3.69. The zero-order chi connectivity index (χ0) is 13.8. The van der Waals surface area contributed by atoms with Gasteiger partial charge in [0, 0.05) is 30.7 Å². The zero-order valence-electron chi connectivity index (χ0n) is 10.7. The monoisotopic (exact) mass is 295 g/mol. The maximum Gasteiger partial charge on any atom is 0.168 e. The fourth-order valence-corrected chi connectivity index (χ4v) is 1.92. The van der Waals surface area contributed by atoms with Crippen molar-refractivity contribution in [1.29, 1.82) is 0 Å². The molecule has 0 saturated carbocycles. The Morgan fingerprint density at radius 2 is 2.26 bits per heavy atom. The lowest BCUT2D eigenvalue weighted by Crippen LogP contribution is -2.34. The molecule has 4 nitrogen and oxygen atoms in total.